The molecule has 0 aliphatic rings. The quantitative estimate of drug-likeness (QED) is 0.826. The summed E-state index contributed by atoms with van der Waals surface area (Å²) in [5.41, 5.74) is 1.12. The first-order valence-electron chi connectivity index (χ1n) is 5.85. The minimum atomic E-state index is -0.593. The molecule has 0 amide bonds. The third-order valence-electron chi connectivity index (χ3n) is 3.17. The Kier molecular flexibility index (Phi) is 3.21. The van der Waals surface area contributed by atoms with Crippen molar-refractivity contribution in [1.29, 1.82) is 0 Å². The number of aromatic nitrogens is 2. The second kappa shape index (κ2) is 4.68. The van der Waals surface area contributed by atoms with Crippen LogP contribution in [0.15, 0.2) is 34.0 Å². The highest BCUT2D eigenvalue weighted by Gasteiger charge is 2.14. The molecular weight excluding hydrogens is 244 g/mol. The first-order valence-corrected chi connectivity index (χ1v) is 5.85. The van der Waals surface area contributed by atoms with Gasteiger partial charge in [0.2, 0.25) is 0 Å². The smallest absolute Gasteiger partial charge is 0.313 e. The topological polar surface area (TPSA) is 71.9 Å². The molecule has 0 fully saturated rings. The third kappa shape index (κ3) is 2.14. The molecule has 2 rings (SSSR count). The minimum absolute atomic E-state index is 0.0273. The molecule has 0 radical (unpaired) electrons. The second-order valence-electron chi connectivity index (χ2n) is 4.42. The third-order valence-corrected chi connectivity index (χ3v) is 3.17. The number of H-pyrrole nitrogens is 1. The largest absolute Gasteiger partial charge is 0.333 e. The van der Waals surface area contributed by atoms with Gasteiger partial charge in [-0.25, -0.2) is 9.36 Å². The maximum absolute atomic E-state index is 12.2. The Labute approximate surface area is 109 Å². The van der Waals surface area contributed by atoms with Crippen LogP contribution < -0.4 is 11.2 Å². The van der Waals surface area contributed by atoms with E-state index in [0.717, 1.165) is 21.9 Å². The average Bonchev–Trinajstić information content (AvgIpc) is 2.34. The number of benzene rings is 1. The number of carbonyl (C=O) groups excluding carboxylic acids is 1. The number of hydrogen-bond donors (Lipinski definition) is 1. The molecule has 1 aromatic heterocycles. The molecule has 1 aromatic carbocycles. The van der Waals surface area contributed by atoms with Gasteiger partial charge in [-0.05, 0) is 38.0 Å². The maximum atomic E-state index is 12.2. The fraction of sp³-hybridized carbons (Fsp3) is 0.214. The number of Topliss-reactive ketones (excluding diaryl/α,β-unsaturated/α-hetero) is 1. The molecule has 0 aliphatic heterocycles. The molecule has 0 unspecified atom stereocenters. The van der Waals surface area contributed by atoms with Crippen molar-refractivity contribution in [2.75, 3.05) is 0 Å². The molecule has 1 N–H and O–H groups in total. The summed E-state index contributed by atoms with van der Waals surface area (Å²) < 4.78 is 0.999. The Bertz CT molecular complexity index is 769. The van der Waals surface area contributed by atoms with Crippen LogP contribution in [0.3, 0.4) is 0 Å². The van der Waals surface area contributed by atoms with E-state index < -0.39 is 11.2 Å². The predicted molar refractivity (Wildman–Crippen MR) is 72.1 cm³/mol. The van der Waals surface area contributed by atoms with Crippen molar-refractivity contribution in [2.24, 2.45) is 0 Å². The molecule has 5 nitrogen and oxygen atoms in total. The van der Waals surface area contributed by atoms with Crippen molar-refractivity contribution in [3.8, 4) is 5.69 Å². The number of ketones is 1. The van der Waals surface area contributed by atoms with Gasteiger partial charge in [0.15, 0.2) is 5.78 Å². The van der Waals surface area contributed by atoms with E-state index in [9.17, 15) is 14.4 Å². The summed E-state index contributed by atoms with van der Waals surface area (Å²) in [6, 6.07) is 5.35. The molecule has 0 bridgehead atoms. The Morgan fingerprint density at radius 2 is 1.89 bits per heavy atom. The summed E-state index contributed by atoms with van der Waals surface area (Å²) in [5.74, 6) is -0.375. The zero-order chi connectivity index (χ0) is 14.2. The van der Waals surface area contributed by atoms with E-state index in [0.29, 0.717) is 5.69 Å². The van der Waals surface area contributed by atoms with Gasteiger partial charge in [-0.3, -0.25) is 9.59 Å². The highest BCUT2D eigenvalue weighted by atomic mass is 16.2. The van der Waals surface area contributed by atoms with Crippen molar-refractivity contribution >= 4 is 5.78 Å². The Morgan fingerprint density at radius 1 is 1.21 bits per heavy atom. The van der Waals surface area contributed by atoms with Crippen LogP contribution >= 0.6 is 0 Å². The van der Waals surface area contributed by atoms with Crippen LogP contribution in [-0.4, -0.2) is 15.3 Å². The summed E-state index contributed by atoms with van der Waals surface area (Å²) in [5, 5.41) is 0. The fourth-order valence-electron chi connectivity index (χ4n) is 1.92. The van der Waals surface area contributed by atoms with Crippen molar-refractivity contribution in [3.05, 3.63) is 61.9 Å². The number of nitrogens with zero attached hydrogens (tertiary/aromatic N) is 1. The number of aromatic amines is 1. The van der Waals surface area contributed by atoms with Gasteiger partial charge in [0.25, 0.3) is 5.56 Å². The van der Waals surface area contributed by atoms with Crippen LogP contribution in [-0.2, 0) is 0 Å². The van der Waals surface area contributed by atoms with Crippen LogP contribution in [0.4, 0.5) is 0 Å². The van der Waals surface area contributed by atoms with Crippen LogP contribution in [0.25, 0.3) is 5.69 Å². The van der Waals surface area contributed by atoms with E-state index in [1.54, 1.807) is 12.1 Å². The molecule has 1 heterocycles. The summed E-state index contributed by atoms with van der Waals surface area (Å²) >= 11 is 0. The molecule has 98 valence electrons. The van der Waals surface area contributed by atoms with Crippen LogP contribution in [0, 0.1) is 13.8 Å². The lowest BCUT2D eigenvalue weighted by Gasteiger charge is -2.10. The Hall–Kier alpha value is -2.43. The number of rotatable bonds is 2. The highest BCUT2D eigenvalue weighted by Crippen LogP contribution is 2.14. The lowest BCUT2D eigenvalue weighted by Crippen LogP contribution is -2.36. The number of aryl methyl sites for hydroxylation is 1. The van der Waals surface area contributed by atoms with Gasteiger partial charge in [-0.2, -0.15) is 0 Å². The summed E-state index contributed by atoms with van der Waals surface area (Å²) in [6.07, 6.45) is 1.16. The van der Waals surface area contributed by atoms with Gasteiger partial charge < -0.3 is 4.98 Å². The summed E-state index contributed by atoms with van der Waals surface area (Å²) in [4.78, 5) is 37.9. The van der Waals surface area contributed by atoms with Gasteiger partial charge in [0, 0.05) is 6.20 Å². The monoisotopic (exact) mass is 258 g/mol. The molecular formula is C14H14N2O3. The van der Waals surface area contributed by atoms with Crippen molar-refractivity contribution in [3.63, 3.8) is 0 Å². The van der Waals surface area contributed by atoms with Crippen LogP contribution in [0.5, 0.6) is 0 Å². The lowest BCUT2D eigenvalue weighted by atomic mass is 10.1. The maximum Gasteiger partial charge on any atom is 0.333 e. The Balaban J connectivity index is 2.87. The molecule has 0 aliphatic carbocycles. The van der Waals surface area contributed by atoms with E-state index in [2.05, 4.69) is 4.98 Å². The Morgan fingerprint density at radius 3 is 2.53 bits per heavy atom. The number of hydrogen-bond acceptors (Lipinski definition) is 3. The molecule has 19 heavy (non-hydrogen) atoms. The van der Waals surface area contributed by atoms with E-state index >= 15 is 0 Å². The highest BCUT2D eigenvalue weighted by molar-refractivity contribution is 5.93. The number of nitrogens with one attached hydrogen (secondary N) is 1. The normalized spacial score (nSPS) is 10.5. The first-order chi connectivity index (χ1) is 8.93. The average molecular weight is 258 g/mol. The van der Waals surface area contributed by atoms with E-state index in [-0.39, 0.29) is 11.3 Å². The number of carbonyl (C=O) groups is 1. The predicted octanol–water partition coefficient (Wildman–Crippen LogP) is 1.35. The molecule has 0 spiro atoms. The van der Waals surface area contributed by atoms with Gasteiger partial charge >= 0.3 is 5.69 Å². The first kappa shape index (κ1) is 13.0. The molecule has 0 saturated carbocycles. The van der Waals surface area contributed by atoms with Gasteiger partial charge in [0.05, 0.1) is 11.3 Å². The van der Waals surface area contributed by atoms with E-state index in [4.69, 9.17) is 0 Å². The lowest BCUT2D eigenvalue weighted by molar-refractivity contribution is 0.101. The van der Waals surface area contributed by atoms with E-state index in [1.807, 2.05) is 19.9 Å². The SMILES string of the molecule is CC(=O)c1c[nH]c(=O)n(-c2cccc(C)c2C)c1=O. The van der Waals surface area contributed by atoms with Crippen molar-refractivity contribution in [2.45, 2.75) is 20.8 Å². The van der Waals surface area contributed by atoms with E-state index in [1.165, 1.54) is 6.92 Å². The van der Waals surface area contributed by atoms with Gasteiger partial charge in [0.1, 0.15) is 0 Å². The fourth-order valence-corrected chi connectivity index (χ4v) is 1.92. The molecule has 0 saturated heterocycles. The zero-order valence-electron chi connectivity index (χ0n) is 11.0. The van der Waals surface area contributed by atoms with Gasteiger partial charge in [-0.15, -0.1) is 0 Å². The second-order valence-corrected chi connectivity index (χ2v) is 4.42. The van der Waals surface area contributed by atoms with Crippen molar-refractivity contribution in [1.82, 2.24) is 9.55 Å². The summed E-state index contributed by atoms with van der Waals surface area (Å²) in [7, 11) is 0. The molecule has 2 aromatic rings. The standard InChI is InChI=1S/C14H14N2O3/c1-8-5-4-6-12(9(8)2)16-13(18)11(10(3)17)7-15-14(16)19/h4-7H,1-3H3,(H,15,19). The van der Waals surface area contributed by atoms with Crippen LogP contribution in [0.1, 0.15) is 28.4 Å². The molecule has 0 atom stereocenters. The zero-order valence-corrected chi connectivity index (χ0v) is 11.0. The molecule has 5 heteroatoms. The summed E-state index contributed by atoms with van der Waals surface area (Å²) in [6.45, 7) is 5.02. The van der Waals surface area contributed by atoms with Crippen LogP contribution in [0.2, 0.25) is 0 Å². The van der Waals surface area contributed by atoms with Crippen molar-refractivity contribution < 1.29 is 4.79 Å². The minimum Gasteiger partial charge on any atom is -0.313 e. The van der Waals surface area contributed by atoms with Gasteiger partial charge in [-0.1, -0.05) is 12.1 Å².